The first kappa shape index (κ1) is 16.5. The fraction of sp³-hybridized carbons (Fsp3) is 0.714. The third-order valence-electron chi connectivity index (χ3n) is 3.12. The number of anilines is 1. The molecule has 1 aromatic heterocycles. The first-order chi connectivity index (χ1) is 9.36. The summed E-state index contributed by atoms with van der Waals surface area (Å²) in [6, 6.07) is 0. The third kappa shape index (κ3) is 4.23. The first-order valence-electron chi connectivity index (χ1n) is 7.01. The Morgan fingerprint density at radius 1 is 1.45 bits per heavy atom. The Labute approximate surface area is 121 Å². The largest absolute Gasteiger partial charge is 0.354 e. The van der Waals surface area contributed by atoms with Gasteiger partial charge in [0.05, 0.1) is 12.2 Å². The maximum atomic E-state index is 11.9. The van der Waals surface area contributed by atoms with Gasteiger partial charge in [-0.3, -0.25) is 9.48 Å². The van der Waals surface area contributed by atoms with Crippen LogP contribution in [0.2, 0.25) is 0 Å². The van der Waals surface area contributed by atoms with Crippen LogP contribution >= 0.6 is 0 Å². The number of aryl methyl sites for hydroxylation is 2. The number of nitrogens with one attached hydrogen (secondary N) is 2. The predicted octanol–water partition coefficient (Wildman–Crippen LogP) is 0.656. The standard InChI is InChI=1S/C14H27N5O/c1-10(2)7-16-13(20)9-18(5)14-12(8-15-4)11(3)17-19(14)6/h10,15H,7-9H2,1-6H3,(H,16,20). The number of likely N-dealkylation sites (N-methyl/N-ethyl adjacent to an activating group) is 1. The summed E-state index contributed by atoms with van der Waals surface area (Å²) in [7, 11) is 5.74. The first-order valence-corrected chi connectivity index (χ1v) is 7.01. The van der Waals surface area contributed by atoms with Crippen molar-refractivity contribution < 1.29 is 4.79 Å². The van der Waals surface area contributed by atoms with E-state index in [-0.39, 0.29) is 5.91 Å². The van der Waals surface area contributed by atoms with Crippen LogP contribution in [0.4, 0.5) is 5.82 Å². The second-order valence-electron chi connectivity index (χ2n) is 5.60. The molecule has 0 atom stereocenters. The SMILES string of the molecule is CNCc1c(C)nn(C)c1N(C)CC(=O)NCC(C)C. The Hall–Kier alpha value is -1.56. The molecule has 1 rings (SSSR count). The molecular formula is C14H27N5O. The molecule has 2 N–H and O–H groups in total. The van der Waals surface area contributed by atoms with Crippen LogP contribution in [-0.4, -0.2) is 42.9 Å². The lowest BCUT2D eigenvalue weighted by Gasteiger charge is -2.21. The molecule has 0 aliphatic rings. The summed E-state index contributed by atoms with van der Waals surface area (Å²) in [5.74, 6) is 1.48. The zero-order valence-corrected chi connectivity index (χ0v) is 13.4. The molecule has 1 heterocycles. The zero-order valence-electron chi connectivity index (χ0n) is 13.4. The maximum absolute atomic E-state index is 11.9. The van der Waals surface area contributed by atoms with E-state index in [4.69, 9.17) is 0 Å². The van der Waals surface area contributed by atoms with Crippen molar-refractivity contribution in [2.75, 3.05) is 32.1 Å². The van der Waals surface area contributed by atoms with E-state index < -0.39 is 0 Å². The summed E-state index contributed by atoms with van der Waals surface area (Å²) >= 11 is 0. The highest BCUT2D eigenvalue weighted by molar-refractivity contribution is 5.81. The molecule has 0 unspecified atom stereocenters. The van der Waals surface area contributed by atoms with Gasteiger partial charge in [0.1, 0.15) is 5.82 Å². The van der Waals surface area contributed by atoms with Crippen molar-refractivity contribution in [3.8, 4) is 0 Å². The summed E-state index contributed by atoms with van der Waals surface area (Å²) < 4.78 is 1.83. The van der Waals surface area contributed by atoms with E-state index in [1.54, 1.807) is 0 Å². The molecule has 0 fully saturated rings. The molecule has 0 saturated carbocycles. The lowest BCUT2D eigenvalue weighted by Crippen LogP contribution is -2.37. The van der Waals surface area contributed by atoms with Gasteiger partial charge in [0, 0.05) is 32.7 Å². The van der Waals surface area contributed by atoms with Crippen molar-refractivity contribution in [1.82, 2.24) is 20.4 Å². The van der Waals surface area contributed by atoms with Gasteiger partial charge < -0.3 is 15.5 Å². The number of carbonyl (C=O) groups is 1. The van der Waals surface area contributed by atoms with Crippen LogP contribution in [0.3, 0.4) is 0 Å². The molecule has 0 aromatic carbocycles. The Bertz CT molecular complexity index is 453. The molecule has 0 bridgehead atoms. The number of amides is 1. The van der Waals surface area contributed by atoms with Gasteiger partial charge in [0.15, 0.2) is 0 Å². The average Bonchev–Trinajstić information content (AvgIpc) is 2.62. The number of rotatable bonds is 7. The molecule has 0 saturated heterocycles. The minimum Gasteiger partial charge on any atom is -0.354 e. The van der Waals surface area contributed by atoms with Crippen molar-refractivity contribution in [1.29, 1.82) is 0 Å². The maximum Gasteiger partial charge on any atom is 0.239 e. The topological polar surface area (TPSA) is 62.2 Å². The van der Waals surface area contributed by atoms with Crippen molar-refractivity contribution in [3.63, 3.8) is 0 Å². The van der Waals surface area contributed by atoms with E-state index in [1.165, 1.54) is 0 Å². The minimum absolute atomic E-state index is 0.0375. The van der Waals surface area contributed by atoms with E-state index in [9.17, 15) is 4.79 Å². The van der Waals surface area contributed by atoms with Crippen molar-refractivity contribution in [2.24, 2.45) is 13.0 Å². The van der Waals surface area contributed by atoms with E-state index >= 15 is 0 Å². The molecule has 114 valence electrons. The number of aromatic nitrogens is 2. The van der Waals surface area contributed by atoms with Crippen molar-refractivity contribution >= 4 is 11.7 Å². The van der Waals surface area contributed by atoms with E-state index in [0.717, 1.165) is 23.6 Å². The fourth-order valence-corrected chi connectivity index (χ4v) is 2.22. The summed E-state index contributed by atoms with van der Waals surface area (Å²) in [5, 5.41) is 10.5. The van der Waals surface area contributed by atoms with Crippen molar-refractivity contribution in [2.45, 2.75) is 27.3 Å². The highest BCUT2D eigenvalue weighted by Crippen LogP contribution is 2.21. The lowest BCUT2D eigenvalue weighted by atomic mass is 10.2. The second-order valence-corrected chi connectivity index (χ2v) is 5.60. The molecule has 6 nitrogen and oxygen atoms in total. The highest BCUT2D eigenvalue weighted by atomic mass is 16.2. The molecule has 0 aliphatic heterocycles. The summed E-state index contributed by atoms with van der Waals surface area (Å²) in [6.45, 7) is 7.94. The number of carbonyl (C=O) groups excluding carboxylic acids is 1. The van der Waals surface area contributed by atoms with Gasteiger partial charge in [-0.2, -0.15) is 5.10 Å². The molecule has 0 radical (unpaired) electrons. The van der Waals surface area contributed by atoms with Crippen LogP contribution in [-0.2, 0) is 18.4 Å². The quantitative estimate of drug-likeness (QED) is 0.770. The van der Waals surface area contributed by atoms with Gasteiger partial charge in [0.25, 0.3) is 0 Å². The monoisotopic (exact) mass is 281 g/mol. The molecule has 20 heavy (non-hydrogen) atoms. The Kier molecular flexibility index (Phi) is 6.01. The number of nitrogens with zero attached hydrogens (tertiary/aromatic N) is 3. The summed E-state index contributed by atoms with van der Waals surface area (Å²) in [6.07, 6.45) is 0. The molecular weight excluding hydrogens is 254 g/mol. The predicted molar refractivity (Wildman–Crippen MR) is 81.8 cm³/mol. The molecule has 0 aliphatic carbocycles. The van der Waals surface area contributed by atoms with E-state index in [2.05, 4.69) is 29.6 Å². The van der Waals surface area contributed by atoms with E-state index in [1.807, 2.05) is 37.6 Å². The summed E-state index contributed by atoms with van der Waals surface area (Å²) in [4.78, 5) is 13.9. The van der Waals surface area contributed by atoms with Gasteiger partial charge in [-0.1, -0.05) is 13.8 Å². The molecule has 0 spiro atoms. The van der Waals surface area contributed by atoms with Gasteiger partial charge in [-0.25, -0.2) is 0 Å². The fourth-order valence-electron chi connectivity index (χ4n) is 2.22. The third-order valence-corrected chi connectivity index (χ3v) is 3.12. The van der Waals surface area contributed by atoms with Gasteiger partial charge >= 0.3 is 0 Å². The normalized spacial score (nSPS) is 10.9. The van der Waals surface area contributed by atoms with Crippen LogP contribution < -0.4 is 15.5 Å². The van der Waals surface area contributed by atoms with Crippen LogP contribution in [0, 0.1) is 12.8 Å². The van der Waals surface area contributed by atoms with Crippen LogP contribution in [0.1, 0.15) is 25.1 Å². The number of hydrogen-bond acceptors (Lipinski definition) is 4. The van der Waals surface area contributed by atoms with Crippen LogP contribution in [0.15, 0.2) is 0 Å². The molecule has 1 aromatic rings. The highest BCUT2D eigenvalue weighted by Gasteiger charge is 2.18. The Balaban J connectivity index is 2.76. The average molecular weight is 281 g/mol. The second kappa shape index (κ2) is 7.28. The Morgan fingerprint density at radius 2 is 2.10 bits per heavy atom. The van der Waals surface area contributed by atoms with Crippen LogP contribution in [0.25, 0.3) is 0 Å². The van der Waals surface area contributed by atoms with E-state index in [0.29, 0.717) is 19.0 Å². The number of hydrogen-bond donors (Lipinski definition) is 2. The van der Waals surface area contributed by atoms with Gasteiger partial charge in [-0.05, 0) is 19.9 Å². The van der Waals surface area contributed by atoms with Gasteiger partial charge in [-0.15, -0.1) is 0 Å². The lowest BCUT2D eigenvalue weighted by molar-refractivity contribution is -0.119. The molecule has 1 amide bonds. The Morgan fingerprint density at radius 3 is 2.65 bits per heavy atom. The zero-order chi connectivity index (χ0) is 15.3. The van der Waals surface area contributed by atoms with Gasteiger partial charge in [0.2, 0.25) is 5.91 Å². The molecule has 6 heteroatoms. The minimum atomic E-state index is 0.0375. The van der Waals surface area contributed by atoms with Crippen molar-refractivity contribution in [3.05, 3.63) is 11.3 Å². The van der Waals surface area contributed by atoms with Crippen LogP contribution in [0.5, 0.6) is 0 Å². The smallest absolute Gasteiger partial charge is 0.239 e. The summed E-state index contributed by atoms with van der Waals surface area (Å²) in [5.41, 5.74) is 2.13.